The maximum absolute atomic E-state index is 11.4. The van der Waals surface area contributed by atoms with Gasteiger partial charge >= 0.3 is 0 Å². The zero-order valence-corrected chi connectivity index (χ0v) is 8.23. The zero-order valence-electron chi connectivity index (χ0n) is 8.23. The van der Waals surface area contributed by atoms with Crippen LogP contribution in [-0.2, 0) is 4.79 Å². The lowest BCUT2D eigenvalue weighted by Gasteiger charge is -2.22. The lowest BCUT2D eigenvalue weighted by atomic mass is 10.2. The molecule has 14 heavy (non-hydrogen) atoms. The molecule has 0 saturated heterocycles. The van der Waals surface area contributed by atoms with Gasteiger partial charge in [-0.1, -0.05) is 0 Å². The number of nitriles is 2. The molecule has 0 unspecified atom stereocenters. The lowest BCUT2D eigenvalue weighted by Crippen LogP contribution is -2.42. The van der Waals surface area contributed by atoms with Gasteiger partial charge in [0, 0.05) is 13.1 Å². The molecule has 0 heterocycles. The van der Waals surface area contributed by atoms with Gasteiger partial charge in [0.2, 0.25) is 5.91 Å². The largest absolute Gasteiger partial charge is 0.339 e. The van der Waals surface area contributed by atoms with Crippen LogP contribution in [0.2, 0.25) is 0 Å². The highest BCUT2D eigenvalue weighted by molar-refractivity contribution is 5.81. The quantitative estimate of drug-likeness (QED) is 0.666. The molecule has 5 nitrogen and oxygen atoms in total. The standard InChI is InChI=1S/C9H14N4O/c1-8(12)9(14)13(6-2-4-10)7-3-5-11/h8H,2-3,6-7,12H2,1H3/t8-/m0/s1. The number of nitrogens with zero attached hydrogens (tertiary/aromatic N) is 3. The molecule has 1 atom stereocenters. The first-order chi connectivity index (χ1) is 6.63. The maximum atomic E-state index is 11.4. The van der Waals surface area contributed by atoms with Gasteiger partial charge in [-0.15, -0.1) is 0 Å². The highest BCUT2D eigenvalue weighted by Gasteiger charge is 2.16. The van der Waals surface area contributed by atoms with E-state index in [-0.39, 0.29) is 18.7 Å². The fourth-order valence-electron chi connectivity index (χ4n) is 0.990. The van der Waals surface area contributed by atoms with Gasteiger partial charge in [0.15, 0.2) is 0 Å². The number of hydrogen-bond acceptors (Lipinski definition) is 4. The second-order valence-corrected chi connectivity index (χ2v) is 2.93. The van der Waals surface area contributed by atoms with Gasteiger partial charge in [-0.3, -0.25) is 4.79 Å². The monoisotopic (exact) mass is 194 g/mol. The van der Waals surface area contributed by atoms with E-state index in [4.69, 9.17) is 16.3 Å². The summed E-state index contributed by atoms with van der Waals surface area (Å²) in [5.41, 5.74) is 5.42. The van der Waals surface area contributed by atoms with E-state index >= 15 is 0 Å². The van der Waals surface area contributed by atoms with Gasteiger partial charge in [-0.05, 0) is 6.92 Å². The second kappa shape index (κ2) is 6.88. The summed E-state index contributed by atoms with van der Waals surface area (Å²) in [6.45, 7) is 2.28. The molecule has 5 heteroatoms. The Bertz CT molecular complexity index is 243. The van der Waals surface area contributed by atoms with Crippen LogP contribution in [0.3, 0.4) is 0 Å². The molecule has 0 spiro atoms. The lowest BCUT2D eigenvalue weighted by molar-refractivity contribution is -0.132. The molecule has 0 aromatic carbocycles. The van der Waals surface area contributed by atoms with Crippen molar-refractivity contribution in [1.29, 1.82) is 10.5 Å². The fourth-order valence-corrected chi connectivity index (χ4v) is 0.990. The van der Waals surface area contributed by atoms with Crippen LogP contribution in [0.15, 0.2) is 0 Å². The molecule has 0 aromatic heterocycles. The number of carbonyl (C=O) groups is 1. The number of nitrogens with two attached hydrogens (primary N) is 1. The Morgan fingerprint density at radius 3 is 2.07 bits per heavy atom. The molecule has 0 aliphatic heterocycles. The molecule has 1 amide bonds. The van der Waals surface area contributed by atoms with Crippen LogP contribution >= 0.6 is 0 Å². The van der Waals surface area contributed by atoms with Crippen LogP contribution in [0, 0.1) is 22.7 Å². The van der Waals surface area contributed by atoms with Crippen molar-refractivity contribution in [2.75, 3.05) is 13.1 Å². The van der Waals surface area contributed by atoms with E-state index in [0.29, 0.717) is 13.1 Å². The van der Waals surface area contributed by atoms with Crippen molar-refractivity contribution < 1.29 is 4.79 Å². The summed E-state index contributed by atoms with van der Waals surface area (Å²) in [4.78, 5) is 12.9. The predicted molar refractivity (Wildman–Crippen MR) is 50.7 cm³/mol. The van der Waals surface area contributed by atoms with Gasteiger partial charge in [0.05, 0.1) is 31.0 Å². The molecule has 0 aromatic rings. The van der Waals surface area contributed by atoms with Crippen molar-refractivity contribution in [3.05, 3.63) is 0 Å². The van der Waals surface area contributed by atoms with E-state index in [1.165, 1.54) is 4.90 Å². The fraction of sp³-hybridized carbons (Fsp3) is 0.667. The number of hydrogen-bond donors (Lipinski definition) is 1. The summed E-state index contributed by atoms with van der Waals surface area (Å²) in [6.07, 6.45) is 0.535. The maximum Gasteiger partial charge on any atom is 0.239 e. The molecule has 2 N–H and O–H groups in total. The van der Waals surface area contributed by atoms with Crippen LogP contribution in [-0.4, -0.2) is 29.9 Å². The van der Waals surface area contributed by atoms with Crippen LogP contribution < -0.4 is 5.73 Å². The molecule has 0 rings (SSSR count). The van der Waals surface area contributed by atoms with Gasteiger partial charge < -0.3 is 10.6 Å². The smallest absolute Gasteiger partial charge is 0.239 e. The van der Waals surface area contributed by atoms with Crippen LogP contribution in [0.5, 0.6) is 0 Å². The van der Waals surface area contributed by atoms with Crippen molar-refractivity contribution in [2.24, 2.45) is 5.73 Å². The summed E-state index contributed by atoms with van der Waals surface area (Å²) in [7, 11) is 0. The highest BCUT2D eigenvalue weighted by Crippen LogP contribution is 1.97. The number of carbonyl (C=O) groups excluding carboxylic acids is 1. The van der Waals surface area contributed by atoms with Gasteiger partial charge in [-0.2, -0.15) is 10.5 Å². The molecule has 0 aliphatic carbocycles. The summed E-state index contributed by atoms with van der Waals surface area (Å²) in [5.74, 6) is -0.212. The Labute approximate surface area is 83.7 Å². The van der Waals surface area contributed by atoms with E-state index in [2.05, 4.69) is 0 Å². The molecular formula is C9H14N4O. The highest BCUT2D eigenvalue weighted by atomic mass is 16.2. The molecule has 0 bridgehead atoms. The topological polar surface area (TPSA) is 93.9 Å². The van der Waals surface area contributed by atoms with Crippen molar-refractivity contribution in [3.8, 4) is 12.1 Å². The van der Waals surface area contributed by atoms with Crippen LogP contribution in [0.4, 0.5) is 0 Å². The number of amides is 1. The minimum atomic E-state index is -0.576. The van der Waals surface area contributed by atoms with E-state index in [1.807, 2.05) is 12.1 Å². The average molecular weight is 194 g/mol. The van der Waals surface area contributed by atoms with E-state index < -0.39 is 6.04 Å². The predicted octanol–water partition coefficient (Wildman–Crippen LogP) is -0.0104. The van der Waals surface area contributed by atoms with Gasteiger partial charge in [0.25, 0.3) is 0 Å². The third-order valence-corrected chi connectivity index (χ3v) is 1.69. The Kier molecular flexibility index (Phi) is 6.09. The molecule has 0 fully saturated rings. The average Bonchev–Trinajstić information content (AvgIpc) is 2.17. The summed E-state index contributed by atoms with van der Waals surface area (Å²) >= 11 is 0. The normalized spacial score (nSPS) is 11.1. The van der Waals surface area contributed by atoms with Gasteiger partial charge in [-0.25, -0.2) is 0 Å². The Balaban J connectivity index is 4.18. The van der Waals surface area contributed by atoms with Crippen LogP contribution in [0.1, 0.15) is 19.8 Å². The van der Waals surface area contributed by atoms with E-state index in [1.54, 1.807) is 6.92 Å². The molecule has 0 saturated carbocycles. The third kappa shape index (κ3) is 4.44. The Hall–Kier alpha value is -1.59. The summed E-state index contributed by atoms with van der Waals surface area (Å²) in [6, 6.07) is 3.33. The first kappa shape index (κ1) is 12.4. The summed E-state index contributed by atoms with van der Waals surface area (Å²) in [5, 5.41) is 16.8. The second-order valence-electron chi connectivity index (χ2n) is 2.93. The van der Waals surface area contributed by atoms with E-state index in [9.17, 15) is 4.79 Å². The Morgan fingerprint density at radius 2 is 1.79 bits per heavy atom. The zero-order chi connectivity index (χ0) is 11.0. The van der Waals surface area contributed by atoms with Gasteiger partial charge in [0.1, 0.15) is 0 Å². The van der Waals surface area contributed by atoms with E-state index in [0.717, 1.165) is 0 Å². The molecule has 0 radical (unpaired) electrons. The van der Waals surface area contributed by atoms with Crippen molar-refractivity contribution in [1.82, 2.24) is 4.90 Å². The van der Waals surface area contributed by atoms with Crippen molar-refractivity contribution in [2.45, 2.75) is 25.8 Å². The molecular weight excluding hydrogens is 180 g/mol. The SMILES string of the molecule is C[C@H](N)C(=O)N(CCC#N)CCC#N. The minimum Gasteiger partial charge on any atom is -0.339 e. The number of rotatable bonds is 5. The van der Waals surface area contributed by atoms with Crippen molar-refractivity contribution in [3.63, 3.8) is 0 Å². The van der Waals surface area contributed by atoms with Crippen LogP contribution in [0.25, 0.3) is 0 Å². The van der Waals surface area contributed by atoms with Crippen molar-refractivity contribution >= 4 is 5.91 Å². The third-order valence-electron chi connectivity index (χ3n) is 1.69. The molecule has 76 valence electrons. The Morgan fingerprint density at radius 1 is 1.36 bits per heavy atom. The summed E-state index contributed by atoms with van der Waals surface area (Å²) < 4.78 is 0. The first-order valence-corrected chi connectivity index (χ1v) is 4.41. The molecule has 0 aliphatic rings. The first-order valence-electron chi connectivity index (χ1n) is 4.41. The minimum absolute atomic E-state index is 0.212.